The molecule has 0 aliphatic rings. The normalized spacial score (nSPS) is 12.6. The molecule has 3 heteroatoms. The fourth-order valence-corrected chi connectivity index (χ4v) is 1.77. The van der Waals surface area contributed by atoms with Crippen LogP contribution in [0.25, 0.3) is 0 Å². The Kier molecular flexibility index (Phi) is 3.96. The lowest BCUT2D eigenvalue weighted by atomic mass is 10.1. The molecule has 0 saturated heterocycles. The van der Waals surface area contributed by atoms with Crippen molar-refractivity contribution in [3.8, 4) is 0 Å². The Morgan fingerprint density at radius 3 is 2.59 bits per heavy atom. The molecule has 0 amide bonds. The van der Waals surface area contributed by atoms with Crippen molar-refractivity contribution in [2.24, 2.45) is 0 Å². The Balaban J connectivity index is 1.99. The molecule has 0 unspecified atom stereocenters. The summed E-state index contributed by atoms with van der Waals surface area (Å²) in [6, 6.07) is 11.8. The van der Waals surface area contributed by atoms with Gasteiger partial charge in [0, 0.05) is 0 Å². The average molecular weight is 231 g/mol. The van der Waals surface area contributed by atoms with Crippen molar-refractivity contribution in [3.05, 3.63) is 59.5 Å². The van der Waals surface area contributed by atoms with Crippen LogP contribution in [0.3, 0.4) is 0 Å². The van der Waals surface area contributed by atoms with Crippen LogP contribution in [0.5, 0.6) is 0 Å². The van der Waals surface area contributed by atoms with Crippen molar-refractivity contribution in [2.75, 3.05) is 6.61 Å². The molecule has 0 fully saturated rings. The van der Waals surface area contributed by atoms with E-state index in [1.807, 2.05) is 43.3 Å². The maximum absolute atomic E-state index is 9.38. The number of rotatable bonds is 5. The third kappa shape index (κ3) is 2.96. The number of aliphatic hydroxyl groups is 1. The fourth-order valence-electron chi connectivity index (χ4n) is 1.77. The van der Waals surface area contributed by atoms with Gasteiger partial charge in [0.2, 0.25) is 0 Å². The molecular weight excluding hydrogens is 214 g/mol. The van der Waals surface area contributed by atoms with Gasteiger partial charge >= 0.3 is 0 Å². The molecule has 0 aliphatic carbocycles. The number of aryl methyl sites for hydroxylation is 1. The summed E-state index contributed by atoms with van der Waals surface area (Å²) in [5, 5.41) is 12.7. The fraction of sp³-hybridized carbons (Fsp3) is 0.286. The molecule has 0 radical (unpaired) electrons. The highest BCUT2D eigenvalue weighted by atomic mass is 16.3. The number of hydrogen-bond donors (Lipinski definition) is 2. The minimum atomic E-state index is -0.0549. The first-order valence-electron chi connectivity index (χ1n) is 5.73. The van der Waals surface area contributed by atoms with Gasteiger partial charge in [0.25, 0.3) is 0 Å². The van der Waals surface area contributed by atoms with Crippen LogP contribution in [0.2, 0.25) is 0 Å². The molecule has 2 rings (SSSR count). The Hall–Kier alpha value is -1.58. The van der Waals surface area contributed by atoms with Crippen molar-refractivity contribution in [1.82, 2.24) is 5.32 Å². The van der Waals surface area contributed by atoms with Gasteiger partial charge in [0.15, 0.2) is 0 Å². The first-order chi connectivity index (χ1) is 8.31. The number of nitrogens with one attached hydrogen (secondary N) is 1. The maximum atomic E-state index is 9.38. The third-order valence-electron chi connectivity index (χ3n) is 2.86. The summed E-state index contributed by atoms with van der Waals surface area (Å²) in [4.78, 5) is 0. The van der Waals surface area contributed by atoms with E-state index in [0.29, 0.717) is 6.54 Å². The van der Waals surface area contributed by atoms with Crippen molar-refractivity contribution in [3.63, 3.8) is 0 Å². The topological polar surface area (TPSA) is 45.4 Å². The quantitative estimate of drug-likeness (QED) is 0.830. The minimum Gasteiger partial charge on any atom is -0.468 e. The van der Waals surface area contributed by atoms with Gasteiger partial charge in [-0.3, -0.25) is 0 Å². The van der Waals surface area contributed by atoms with Crippen molar-refractivity contribution >= 4 is 0 Å². The summed E-state index contributed by atoms with van der Waals surface area (Å²) >= 11 is 0. The second-order valence-electron chi connectivity index (χ2n) is 4.05. The third-order valence-corrected chi connectivity index (χ3v) is 2.86. The van der Waals surface area contributed by atoms with E-state index in [-0.39, 0.29) is 12.6 Å². The van der Waals surface area contributed by atoms with Gasteiger partial charge in [-0.05, 0) is 24.1 Å². The van der Waals surface area contributed by atoms with Gasteiger partial charge in [-0.15, -0.1) is 0 Å². The van der Waals surface area contributed by atoms with E-state index < -0.39 is 0 Å². The number of hydrogen-bond acceptors (Lipinski definition) is 3. The monoisotopic (exact) mass is 231 g/mol. The number of aliphatic hydroxyl groups excluding tert-OH is 1. The summed E-state index contributed by atoms with van der Waals surface area (Å²) in [5.74, 6) is 0.916. The molecule has 1 aromatic heterocycles. The standard InChI is InChI=1S/C14H17NO2/c1-11-7-8-17-14(11)9-15-13(10-16)12-5-3-2-4-6-12/h2-8,13,15-16H,9-10H2,1H3/t13-/m1/s1. The van der Waals surface area contributed by atoms with Gasteiger partial charge in [-0.2, -0.15) is 0 Å². The first kappa shape index (κ1) is 11.9. The van der Waals surface area contributed by atoms with Crippen LogP contribution in [0.1, 0.15) is 22.9 Å². The molecule has 0 bridgehead atoms. The second-order valence-corrected chi connectivity index (χ2v) is 4.05. The summed E-state index contributed by atoms with van der Waals surface area (Å²) in [7, 11) is 0. The van der Waals surface area contributed by atoms with Crippen molar-refractivity contribution in [2.45, 2.75) is 19.5 Å². The highest BCUT2D eigenvalue weighted by Gasteiger charge is 2.10. The van der Waals surface area contributed by atoms with E-state index in [9.17, 15) is 5.11 Å². The van der Waals surface area contributed by atoms with Crippen LogP contribution in [0.4, 0.5) is 0 Å². The molecule has 2 N–H and O–H groups in total. The van der Waals surface area contributed by atoms with Gasteiger partial charge in [0.1, 0.15) is 5.76 Å². The SMILES string of the molecule is Cc1ccoc1CN[C@H](CO)c1ccccc1. The number of benzene rings is 1. The molecule has 2 aromatic rings. The molecule has 1 heterocycles. The van der Waals surface area contributed by atoms with E-state index in [1.165, 1.54) is 0 Å². The predicted molar refractivity (Wildman–Crippen MR) is 66.6 cm³/mol. The highest BCUT2D eigenvalue weighted by molar-refractivity contribution is 5.20. The first-order valence-corrected chi connectivity index (χ1v) is 5.73. The Morgan fingerprint density at radius 1 is 1.24 bits per heavy atom. The summed E-state index contributed by atoms with van der Waals surface area (Å²) in [5.41, 5.74) is 2.21. The molecule has 90 valence electrons. The van der Waals surface area contributed by atoms with Crippen LogP contribution in [0.15, 0.2) is 47.1 Å². The van der Waals surface area contributed by atoms with Gasteiger partial charge in [-0.25, -0.2) is 0 Å². The molecule has 0 aliphatic heterocycles. The lowest BCUT2D eigenvalue weighted by Gasteiger charge is -2.16. The van der Waals surface area contributed by atoms with E-state index in [0.717, 1.165) is 16.9 Å². The zero-order valence-corrected chi connectivity index (χ0v) is 9.89. The van der Waals surface area contributed by atoms with Gasteiger partial charge in [-0.1, -0.05) is 30.3 Å². The Bertz CT molecular complexity index is 450. The Labute approximate surface area is 101 Å². The molecule has 17 heavy (non-hydrogen) atoms. The minimum absolute atomic E-state index is 0.0549. The Morgan fingerprint density at radius 2 is 2.00 bits per heavy atom. The smallest absolute Gasteiger partial charge is 0.120 e. The molecule has 0 spiro atoms. The highest BCUT2D eigenvalue weighted by Crippen LogP contribution is 2.14. The van der Waals surface area contributed by atoms with Crippen LogP contribution in [0, 0.1) is 6.92 Å². The van der Waals surface area contributed by atoms with Crippen LogP contribution in [-0.4, -0.2) is 11.7 Å². The van der Waals surface area contributed by atoms with Crippen molar-refractivity contribution in [1.29, 1.82) is 0 Å². The lowest BCUT2D eigenvalue weighted by Crippen LogP contribution is -2.24. The predicted octanol–water partition coefficient (Wildman–Crippen LogP) is 2.41. The van der Waals surface area contributed by atoms with E-state index in [1.54, 1.807) is 6.26 Å². The van der Waals surface area contributed by atoms with Gasteiger partial charge < -0.3 is 14.8 Å². The van der Waals surface area contributed by atoms with E-state index in [4.69, 9.17) is 4.42 Å². The zero-order chi connectivity index (χ0) is 12.1. The van der Waals surface area contributed by atoms with Crippen molar-refractivity contribution < 1.29 is 9.52 Å². The molecule has 1 aromatic carbocycles. The largest absolute Gasteiger partial charge is 0.468 e. The average Bonchev–Trinajstić information content (AvgIpc) is 2.77. The van der Waals surface area contributed by atoms with Gasteiger partial charge in [0.05, 0.1) is 25.5 Å². The molecular formula is C14H17NO2. The van der Waals surface area contributed by atoms with Crippen LogP contribution in [-0.2, 0) is 6.54 Å². The van der Waals surface area contributed by atoms with E-state index >= 15 is 0 Å². The molecule has 1 atom stereocenters. The second kappa shape index (κ2) is 5.66. The maximum Gasteiger partial charge on any atom is 0.120 e. The number of furan rings is 1. The zero-order valence-electron chi connectivity index (χ0n) is 9.89. The molecule has 3 nitrogen and oxygen atoms in total. The summed E-state index contributed by atoms with van der Waals surface area (Å²) in [6.07, 6.45) is 1.68. The van der Waals surface area contributed by atoms with Crippen LogP contribution < -0.4 is 5.32 Å². The van der Waals surface area contributed by atoms with Crippen LogP contribution >= 0.6 is 0 Å². The summed E-state index contributed by atoms with van der Waals surface area (Å²) < 4.78 is 5.35. The molecule has 0 saturated carbocycles. The lowest BCUT2D eigenvalue weighted by molar-refractivity contribution is 0.240. The summed E-state index contributed by atoms with van der Waals surface area (Å²) in [6.45, 7) is 2.71. The van der Waals surface area contributed by atoms with E-state index in [2.05, 4.69) is 5.32 Å².